The molecular formula is C40H58O3. The van der Waals surface area contributed by atoms with Crippen LogP contribution < -0.4 is 0 Å². The van der Waals surface area contributed by atoms with Crippen LogP contribution in [0.15, 0.2) is 122 Å². The Morgan fingerprint density at radius 1 is 0.372 bits per heavy atom. The van der Waals surface area contributed by atoms with E-state index in [0.717, 1.165) is 77.0 Å². The molecule has 0 aromatic heterocycles. The SMILES string of the molecule is CCC=CCC=CCC=CCC=CCC=CCCCC(=O)OC(=O)CCCC=CCC=CCC=CCC=CCC=CCC. The molecule has 0 radical (unpaired) electrons. The smallest absolute Gasteiger partial charge is 0.313 e. The maximum absolute atomic E-state index is 11.9. The molecule has 0 atom stereocenters. The zero-order valence-electron chi connectivity index (χ0n) is 27.1. The summed E-state index contributed by atoms with van der Waals surface area (Å²) < 4.78 is 4.93. The molecule has 236 valence electrons. The predicted octanol–water partition coefficient (Wildman–Crippen LogP) is 11.9. The molecule has 0 unspecified atom stereocenters. The van der Waals surface area contributed by atoms with E-state index in [9.17, 15) is 9.59 Å². The lowest BCUT2D eigenvalue weighted by Gasteiger charge is -2.01. The normalized spacial score (nSPS) is 13.2. The summed E-state index contributed by atoms with van der Waals surface area (Å²) in [6.45, 7) is 4.29. The summed E-state index contributed by atoms with van der Waals surface area (Å²) in [7, 11) is 0. The molecule has 0 aromatic carbocycles. The van der Waals surface area contributed by atoms with Gasteiger partial charge in [-0.2, -0.15) is 0 Å². The minimum Gasteiger partial charge on any atom is -0.393 e. The second-order valence-electron chi connectivity index (χ2n) is 10.0. The molecule has 0 amide bonds. The van der Waals surface area contributed by atoms with Crippen LogP contribution in [0.25, 0.3) is 0 Å². The van der Waals surface area contributed by atoms with Crippen molar-refractivity contribution in [1.29, 1.82) is 0 Å². The third-order valence-electron chi connectivity index (χ3n) is 6.05. The lowest BCUT2D eigenvalue weighted by molar-refractivity contribution is -0.159. The Morgan fingerprint density at radius 2 is 0.605 bits per heavy atom. The number of unbranched alkanes of at least 4 members (excludes halogenated alkanes) is 2. The van der Waals surface area contributed by atoms with Gasteiger partial charge in [-0.15, -0.1) is 0 Å². The molecule has 0 N–H and O–H groups in total. The van der Waals surface area contributed by atoms with Gasteiger partial charge >= 0.3 is 11.9 Å². The highest BCUT2D eigenvalue weighted by Crippen LogP contribution is 2.05. The van der Waals surface area contributed by atoms with Crippen molar-refractivity contribution in [3.05, 3.63) is 122 Å². The van der Waals surface area contributed by atoms with Gasteiger partial charge in [-0.3, -0.25) is 9.59 Å². The van der Waals surface area contributed by atoms with Crippen LogP contribution in [0, 0.1) is 0 Å². The number of carbonyl (C=O) groups excluding carboxylic acids is 2. The standard InChI is InChI=1S/C40H58O3/c1-3-5-7-9-11-13-15-17-19-21-23-25-27-29-31-33-35-37-39(41)43-40(42)38-36-34-32-30-28-26-24-22-20-18-16-14-12-10-8-6-4-2/h5-8,11-14,17-20,23-26,29-32H,3-4,9-10,15-16,21-22,27-28,33-38H2,1-2H3. The lowest BCUT2D eigenvalue weighted by Crippen LogP contribution is -2.11. The average molecular weight is 587 g/mol. The number of hydrogen-bond donors (Lipinski definition) is 0. The summed E-state index contributed by atoms with van der Waals surface area (Å²) >= 11 is 0. The van der Waals surface area contributed by atoms with Gasteiger partial charge in [0.15, 0.2) is 0 Å². The largest absolute Gasteiger partial charge is 0.393 e. The van der Waals surface area contributed by atoms with Crippen LogP contribution in [0.4, 0.5) is 0 Å². The van der Waals surface area contributed by atoms with Crippen LogP contribution in [0.5, 0.6) is 0 Å². The molecule has 0 rings (SSSR count). The number of esters is 2. The Kier molecular flexibility index (Phi) is 31.9. The van der Waals surface area contributed by atoms with Gasteiger partial charge in [0.1, 0.15) is 0 Å². The van der Waals surface area contributed by atoms with Gasteiger partial charge in [0.25, 0.3) is 0 Å². The summed E-state index contributed by atoms with van der Waals surface area (Å²) in [4.78, 5) is 23.7. The van der Waals surface area contributed by atoms with E-state index in [0.29, 0.717) is 12.8 Å². The minimum atomic E-state index is -0.424. The van der Waals surface area contributed by atoms with E-state index in [2.05, 4.69) is 135 Å². The molecule has 0 bridgehead atoms. The van der Waals surface area contributed by atoms with E-state index in [-0.39, 0.29) is 12.8 Å². The Balaban J connectivity index is 3.67. The van der Waals surface area contributed by atoms with E-state index in [1.165, 1.54) is 0 Å². The number of hydrogen-bond acceptors (Lipinski definition) is 3. The molecule has 3 heteroatoms. The van der Waals surface area contributed by atoms with Crippen LogP contribution in [-0.2, 0) is 14.3 Å². The summed E-state index contributed by atoms with van der Waals surface area (Å²) in [5, 5.41) is 0. The number of carbonyl (C=O) groups is 2. The maximum Gasteiger partial charge on any atom is 0.313 e. The van der Waals surface area contributed by atoms with Gasteiger partial charge in [-0.05, 0) is 89.9 Å². The molecule has 0 spiro atoms. The zero-order chi connectivity index (χ0) is 31.3. The Hall–Kier alpha value is -3.46. The van der Waals surface area contributed by atoms with Crippen molar-refractivity contribution in [1.82, 2.24) is 0 Å². The summed E-state index contributed by atoms with van der Waals surface area (Å²) in [6.07, 6.45) is 56.7. The summed E-state index contributed by atoms with van der Waals surface area (Å²) in [5.74, 6) is -0.848. The van der Waals surface area contributed by atoms with E-state index in [4.69, 9.17) is 4.74 Å². The van der Waals surface area contributed by atoms with Gasteiger partial charge < -0.3 is 4.74 Å². The van der Waals surface area contributed by atoms with Crippen molar-refractivity contribution < 1.29 is 14.3 Å². The van der Waals surface area contributed by atoms with Crippen LogP contribution >= 0.6 is 0 Å². The number of ether oxygens (including phenoxy) is 1. The first kappa shape index (κ1) is 39.5. The first-order valence-corrected chi connectivity index (χ1v) is 16.4. The van der Waals surface area contributed by atoms with Crippen LogP contribution in [-0.4, -0.2) is 11.9 Å². The van der Waals surface area contributed by atoms with Gasteiger partial charge in [0.05, 0.1) is 0 Å². The Labute approximate surface area is 264 Å². The summed E-state index contributed by atoms with van der Waals surface area (Å²) in [6, 6.07) is 0. The van der Waals surface area contributed by atoms with Crippen LogP contribution in [0.1, 0.15) is 117 Å². The molecule has 0 aliphatic carbocycles. The molecule has 3 nitrogen and oxygen atoms in total. The monoisotopic (exact) mass is 586 g/mol. The zero-order valence-corrected chi connectivity index (χ0v) is 27.1. The van der Waals surface area contributed by atoms with Gasteiger partial charge in [0.2, 0.25) is 0 Å². The van der Waals surface area contributed by atoms with Crippen molar-refractivity contribution in [3.8, 4) is 0 Å². The fraction of sp³-hybridized carbons (Fsp3) is 0.450. The third kappa shape index (κ3) is 34.6. The molecule has 0 aliphatic rings. The molecule has 0 saturated carbocycles. The first-order chi connectivity index (χ1) is 21.2. The molecular weight excluding hydrogens is 528 g/mol. The van der Waals surface area contributed by atoms with Crippen molar-refractivity contribution >= 4 is 11.9 Å². The Morgan fingerprint density at radius 3 is 0.860 bits per heavy atom. The van der Waals surface area contributed by atoms with Gasteiger partial charge in [-0.1, -0.05) is 135 Å². The highest BCUT2D eigenvalue weighted by molar-refractivity contribution is 5.85. The molecule has 0 fully saturated rings. The molecule has 43 heavy (non-hydrogen) atoms. The molecule has 0 saturated heterocycles. The average Bonchev–Trinajstić information content (AvgIpc) is 3.00. The number of allylic oxidation sites excluding steroid dienone is 20. The molecule has 0 heterocycles. The van der Waals surface area contributed by atoms with E-state index >= 15 is 0 Å². The van der Waals surface area contributed by atoms with Gasteiger partial charge in [0, 0.05) is 12.8 Å². The van der Waals surface area contributed by atoms with E-state index in [1.807, 2.05) is 0 Å². The molecule has 0 aliphatic heterocycles. The second kappa shape index (κ2) is 34.7. The number of rotatable bonds is 26. The fourth-order valence-corrected chi connectivity index (χ4v) is 3.69. The minimum absolute atomic E-state index is 0.273. The predicted molar refractivity (Wildman–Crippen MR) is 188 cm³/mol. The lowest BCUT2D eigenvalue weighted by atomic mass is 10.2. The highest BCUT2D eigenvalue weighted by atomic mass is 16.6. The highest BCUT2D eigenvalue weighted by Gasteiger charge is 2.09. The Bertz CT molecular complexity index is 886. The van der Waals surface area contributed by atoms with Crippen LogP contribution in [0.2, 0.25) is 0 Å². The van der Waals surface area contributed by atoms with Crippen molar-refractivity contribution in [2.24, 2.45) is 0 Å². The second-order valence-corrected chi connectivity index (χ2v) is 10.0. The first-order valence-electron chi connectivity index (χ1n) is 16.4. The van der Waals surface area contributed by atoms with Gasteiger partial charge in [-0.25, -0.2) is 0 Å². The summed E-state index contributed by atoms with van der Waals surface area (Å²) in [5.41, 5.74) is 0. The quantitative estimate of drug-likeness (QED) is 0.0438. The van der Waals surface area contributed by atoms with E-state index < -0.39 is 11.9 Å². The maximum atomic E-state index is 11.9. The third-order valence-corrected chi connectivity index (χ3v) is 6.05. The topological polar surface area (TPSA) is 43.4 Å². The van der Waals surface area contributed by atoms with E-state index in [1.54, 1.807) is 0 Å². The molecule has 0 aromatic rings. The van der Waals surface area contributed by atoms with Crippen molar-refractivity contribution in [2.75, 3.05) is 0 Å². The fourth-order valence-electron chi connectivity index (χ4n) is 3.69. The van der Waals surface area contributed by atoms with Crippen LogP contribution in [0.3, 0.4) is 0 Å². The van der Waals surface area contributed by atoms with Crippen molar-refractivity contribution in [3.63, 3.8) is 0 Å². The van der Waals surface area contributed by atoms with Crippen molar-refractivity contribution in [2.45, 2.75) is 117 Å².